The highest BCUT2D eigenvalue weighted by Gasteiger charge is 2.39. The van der Waals surface area contributed by atoms with E-state index in [1.807, 2.05) is 24.3 Å². The molecular weight excluding hydrogens is 560 g/mol. The van der Waals surface area contributed by atoms with Crippen LogP contribution in [-0.2, 0) is 11.4 Å². The average Bonchev–Trinajstić information content (AvgIpc) is 2.77. The number of Topliss-reactive ketones (excluding diaryl/α,β-unsaturated/α-hetero) is 1. The molecule has 8 heteroatoms. The zero-order valence-corrected chi connectivity index (χ0v) is 21.0. The number of carbonyl (C=O) groups is 1. The number of nitrogens with zero attached hydrogens (tertiary/aromatic N) is 2. The number of ketones is 1. The van der Waals surface area contributed by atoms with Crippen molar-refractivity contribution in [3.8, 4) is 11.8 Å². The Morgan fingerprint density at radius 1 is 1.22 bits per heavy atom. The number of nitrogens with two attached hydrogens (primary N) is 1. The largest absolute Gasteiger partial charge is 0.486 e. The van der Waals surface area contributed by atoms with Gasteiger partial charge in [-0.2, -0.15) is 5.26 Å². The van der Waals surface area contributed by atoms with Crippen molar-refractivity contribution in [2.45, 2.75) is 31.8 Å². The van der Waals surface area contributed by atoms with E-state index < -0.39 is 5.92 Å². The van der Waals surface area contributed by atoms with Crippen LogP contribution in [0, 0.1) is 14.9 Å². The number of carbonyl (C=O) groups excluding carboxylic acids is 1. The van der Waals surface area contributed by atoms with Gasteiger partial charge in [-0.3, -0.25) is 4.79 Å². The summed E-state index contributed by atoms with van der Waals surface area (Å²) in [5.74, 6) is 0.134. The molecule has 0 saturated heterocycles. The maximum atomic E-state index is 12.9. The fourth-order valence-corrected chi connectivity index (χ4v) is 5.19. The predicted molar refractivity (Wildman–Crippen MR) is 133 cm³/mol. The Labute approximate surface area is 210 Å². The van der Waals surface area contributed by atoms with Gasteiger partial charge in [0.25, 0.3) is 0 Å². The van der Waals surface area contributed by atoms with Crippen LogP contribution in [-0.4, -0.2) is 17.7 Å². The minimum Gasteiger partial charge on any atom is -0.486 e. The van der Waals surface area contributed by atoms with E-state index in [0.717, 1.165) is 27.7 Å². The van der Waals surface area contributed by atoms with Gasteiger partial charge in [-0.1, -0.05) is 35.3 Å². The lowest BCUT2D eigenvalue weighted by molar-refractivity contribution is -0.116. The minimum absolute atomic E-state index is 0.0228. The Morgan fingerprint density at radius 2 is 1.88 bits per heavy atom. The number of nitriles is 1. The molecule has 2 aromatic rings. The number of benzene rings is 2. The lowest BCUT2D eigenvalue weighted by Gasteiger charge is -2.37. The summed E-state index contributed by atoms with van der Waals surface area (Å²) in [7, 11) is 1.79. The summed E-state index contributed by atoms with van der Waals surface area (Å²) in [5, 5.41) is 10.5. The first-order valence-electron chi connectivity index (χ1n) is 10.1. The molecule has 1 atom stereocenters. The van der Waals surface area contributed by atoms with E-state index in [-0.39, 0.29) is 5.78 Å². The summed E-state index contributed by atoms with van der Waals surface area (Å²) in [6, 6.07) is 13.6. The molecule has 2 N–H and O–H groups in total. The first-order chi connectivity index (χ1) is 15.3. The molecule has 1 aliphatic carbocycles. The molecule has 0 fully saturated rings. The van der Waals surface area contributed by atoms with Crippen LogP contribution in [0.4, 0.5) is 0 Å². The van der Waals surface area contributed by atoms with Crippen molar-refractivity contribution in [3.63, 3.8) is 0 Å². The standard InChI is InChI=1S/C24H20Cl2IN3O2/c1-30-19-3-2-4-20(31)22(19)21(16(11-28)24(30)29)14-9-17(25)23(18(26)10-14)32-12-13-5-7-15(27)8-6-13/h5-10,21H,2-4,12,29H2,1H3/t21-/m1/s1. The zero-order chi connectivity index (χ0) is 23.0. The molecule has 2 aromatic carbocycles. The molecule has 0 amide bonds. The molecule has 32 heavy (non-hydrogen) atoms. The van der Waals surface area contributed by atoms with Crippen molar-refractivity contribution >= 4 is 51.6 Å². The zero-order valence-electron chi connectivity index (χ0n) is 17.3. The summed E-state index contributed by atoms with van der Waals surface area (Å²) < 4.78 is 7.04. The monoisotopic (exact) mass is 579 g/mol. The third kappa shape index (κ3) is 4.21. The molecule has 0 unspecified atom stereocenters. The highest BCUT2D eigenvalue weighted by atomic mass is 127. The van der Waals surface area contributed by atoms with E-state index in [1.165, 1.54) is 0 Å². The third-order valence-electron chi connectivity index (χ3n) is 5.82. The quantitative estimate of drug-likeness (QED) is 0.456. The van der Waals surface area contributed by atoms with Gasteiger partial charge in [-0.05, 0) is 70.8 Å². The van der Waals surface area contributed by atoms with Crippen LogP contribution in [0.3, 0.4) is 0 Å². The maximum absolute atomic E-state index is 12.9. The third-order valence-corrected chi connectivity index (χ3v) is 7.10. The van der Waals surface area contributed by atoms with Crippen LogP contribution < -0.4 is 10.5 Å². The number of rotatable bonds is 4. The van der Waals surface area contributed by atoms with Gasteiger partial charge in [0.2, 0.25) is 0 Å². The first-order valence-corrected chi connectivity index (χ1v) is 11.9. The molecule has 164 valence electrons. The predicted octanol–water partition coefficient (Wildman–Crippen LogP) is 5.91. The Hall–Kier alpha value is -2.21. The van der Waals surface area contributed by atoms with Gasteiger partial charge < -0.3 is 15.4 Å². The molecule has 0 radical (unpaired) electrons. The lowest BCUT2D eigenvalue weighted by atomic mass is 9.76. The van der Waals surface area contributed by atoms with Gasteiger partial charge in [0.15, 0.2) is 11.5 Å². The molecular formula is C24H20Cl2IN3O2. The van der Waals surface area contributed by atoms with E-state index in [4.69, 9.17) is 33.7 Å². The second-order valence-corrected chi connectivity index (χ2v) is 9.83. The molecule has 0 spiro atoms. The van der Waals surface area contributed by atoms with Gasteiger partial charge in [0, 0.05) is 28.3 Å². The Kier molecular flexibility index (Phi) is 6.70. The molecule has 1 heterocycles. The van der Waals surface area contributed by atoms with Crippen molar-refractivity contribution in [1.29, 1.82) is 5.26 Å². The highest BCUT2D eigenvalue weighted by molar-refractivity contribution is 14.1. The number of ether oxygens (including phenoxy) is 1. The van der Waals surface area contributed by atoms with E-state index in [9.17, 15) is 10.1 Å². The van der Waals surface area contributed by atoms with Crippen molar-refractivity contribution in [1.82, 2.24) is 4.90 Å². The Balaban J connectivity index is 1.72. The van der Waals surface area contributed by atoms with Gasteiger partial charge in [0.05, 0.1) is 27.6 Å². The summed E-state index contributed by atoms with van der Waals surface area (Å²) in [4.78, 5) is 14.7. The van der Waals surface area contributed by atoms with Gasteiger partial charge in [-0.25, -0.2) is 0 Å². The second-order valence-electron chi connectivity index (χ2n) is 7.77. The molecule has 2 aliphatic rings. The molecule has 5 nitrogen and oxygen atoms in total. The van der Waals surface area contributed by atoms with Crippen LogP contribution in [0.25, 0.3) is 0 Å². The average molecular weight is 580 g/mol. The van der Waals surface area contributed by atoms with Crippen LogP contribution >= 0.6 is 45.8 Å². The van der Waals surface area contributed by atoms with Crippen LogP contribution in [0.5, 0.6) is 5.75 Å². The molecule has 0 aromatic heterocycles. The number of allylic oxidation sites excluding steroid dienone is 3. The fourth-order valence-electron chi connectivity index (χ4n) is 4.22. The molecule has 0 bridgehead atoms. The van der Waals surface area contributed by atoms with E-state index in [0.29, 0.717) is 51.4 Å². The topological polar surface area (TPSA) is 79.3 Å². The van der Waals surface area contributed by atoms with Crippen LogP contribution in [0.2, 0.25) is 10.0 Å². The number of halogens is 3. The summed E-state index contributed by atoms with van der Waals surface area (Å²) in [5.41, 5.74) is 9.70. The van der Waals surface area contributed by atoms with Gasteiger partial charge in [0.1, 0.15) is 12.4 Å². The smallest absolute Gasteiger partial charge is 0.161 e. The van der Waals surface area contributed by atoms with Crippen molar-refractivity contribution in [3.05, 3.63) is 83.8 Å². The lowest BCUT2D eigenvalue weighted by Crippen LogP contribution is -2.36. The van der Waals surface area contributed by atoms with Crippen LogP contribution in [0.15, 0.2) is 59.1 Å². The SMILES string of the molecule is CN1C(N)=C(C#N)[C@@H](c2cc(Cl)c(OCc3ccc(I)cc3)c(Cl)c2)C2=C1CCCC2=O. The minimum atomic E-state index is -0.598. The molecule has 4 rings (SSSR count). The highest BCUT2D eigenvalue weighted by Crippen LogP contribution is 2.46. The molecule has 1 aliphatic heterocycles. The van der Waals surface area contributed by atoms with Gasteiger partial charge in [-0.15, -0.1) is 0 Å². The maximum Gasteiger partial charge on any atom is 0.161 e. The van der Waals surface area contributed by atoms with Crippen molar-refractivity contribution in [2.75, 3.05) is 7.05 Å². The van der Waals surface area contributed by atoms with Crippen molar-refractivity contribution in [2.24, 2.45) is 5.73 Å². The normalized spacial score (nSPS) is 18.5. The summed E-state index contributed by atoms with van der Waals surface area (Å²) in [6.45, 7) is 0.314. The number of hydrogen-bond donors (Lipinski definition) is 1. The van der Waals surface area contributed by atoms with E-state index >= 15 is 0 Å². The Morgan fingerprint density at radius 3 is 2.50 bits per heavy atom. The summed E-state index contributed by atoms with van der Waals surface area (Å²) >= 11 is 15.4. The van der Waals surface area contributed by atoms with E-state index in [2.05, 4.69) is 28.7 Å². The van der Waals surface area contributed by atoms with Crippen LogP contribution in [0.1, 0.15) is 36.3 Å². The molecule has 0 saturated carbocycles. The Bertz CT molecular complexity index is 1180. The van der Waals surface area contributed by atoms with Crippen molar-refractivity contribution < 1.29 is 9.53 Å². The van der Waals surface area contributed by atoms with Gasteiger partial charge >= 0.3 is 0 Å². The second kappa shape index (κ2) is 9.34. The first kappa shape index (κ1) is 23.0. The van der Waals surface area contributed by atoms with E-state index in [1.54, 1.807) is 24.1 Å². The summed E-state index contributed by atoms with van der Waals surface area (Å²) in [6.07, 6.45) is 1.93. The fraction of sp³-hybridized carbons (Fsp3) is 0.250. The number of hydrogen-bond acceptors (Lipinski definition) is 5.